The van der Waals surface area contributed by atoms with Crippen LogP contribution in [-0.2, 0) is 17.6 Å². The molecule has 0 bridgehead atoms. The maximum absolute atomic E-state index is 12.0. The summed E-state index contributed by atoms with van der Waals surface area (Å²) in [5.41, 5.74) is 5.80. The van der Waals surface area contributed by atoms with Crippen molar-refractivity contribution in [2.24, 2.45) is 0 Å². The molecule has 2 aliphatic rings. The van der Waals surface area contributed by atoms with Gasteiger partial charge in [0.15, 0.2) is 0 Å². The summed E-state index contributed by atoms with van der Waals surface area (Å²) in [6.07, 6.45) is 5.61. The van der Waals surface area contributed by atoms with Crippen molar-refractivity contribution in [1.29, 1.82) is 5.26 Å². The summed E-state index contributed by atoms with van der Waals surface area (Å²) in [7, 11) is 0. The van der Waals surface area contributed by atoms with E-state index in [0.717, 1.165) is 35.2 Å². The van der Waals surface area contributed by atoms with Gasteiger partial charge in [0, 0.05) is 36.5 Å². The molecule has 1 aromatic carbocycles. The standard InChI is InChI=1S/C17H13N3O/c18-9-15-13-5-7-20-16(21)4-3-11(17(13)20)8-14(15)12-2-1-6-19-10-12/h1-2,6,8,10H,3-5,7H2. The third-order valence-corrected chi connectivity index (χ3v) is 4.33. The Morgan fingerprint density at radius 1 is 1.29 bits per heavy atom. The van der Waals surface area contributed by atoms with E-state index >= 15 is 0 Å². The highest BCUT2D eigenvalue weighted by Gasteiger charge is 2.34. The number of aryl methyl sites for hydroxylation is 1. The van der Waals surface area contributed by atoms with Crippen LogP contribution in [0.25, 0.3) is 11.1 Å². The lowest BCUT2D eigenvalue weighted by Gasteiger charge is -2.26. The van der Waals surface area contributed by atoms with Gasteiger partial charge in [-0.15, -0.1) is 0 Å². The molecule has 102 valence electrons. The Hall–Kier alpha value is -2.67. The van der Waals surface area contributed by atoms with Crippen molar-refractivity contribution in [2.75, 3.05) is 11.4 Å². The Morgan fingerprint density at radius 3 is 2.95 bits per heavy atom. The first kappa shape index (κ1) is 12.1. The third-order valence-electron chi connectivity index (χ3n) is 4.33. The van der Waals surface area contributed by atoms with E-state index in [-0.39, 0.29) is 5.91 Å². The summed E-state index contributed by atoms with van der Waals surface area (Å²) in [6.45, 7) is 0.701. The van der Waals surface area contributed by atoms with Gasteiger partial charge in [-0.25, -0.2) is 0 Å². The molecule has 0 saturated heterocycles. The van der Waals surface area contributed by atoms with Crippen molar-refractivity contribution in [1.82, 2.24) is 4.98 Å². The van der Waals surface area contributed by atoms with Crippen LogP contribution in [0.4, 0.5) is 5.69 Å². The number of benzene rings is 1. The Kier molecular flexibility index (Phi) is 2.55. The molecule has 21 heavy (non-hydrogen) atoms. The molecule has 0 unspecified atom stereocenters. The van der Waals surface area contributed by atoms with Crippen LogP contribution < -0.4 is 4.90 Å². The zero-order chi connectivity index (χ0) is 14.4. The lowest BCUT2D eigenvalue weighted by atomic mass is 9.89. The number of anilines is 1. The van der Waals surface area contributed by atoms with Gasteiger partial charge < -0.3 is 4.90 Å². The summed E-state index contributed by atoms with van der Waals surface area (Å²) in [5, 5.41) is 9.60. The molecule has 0 aliphatic carbocycles. The van der Waals surface area contributed by atoms with Crippen molar-refractivity contribution in [3.05, 3.63) is 47.3 Å². The fraction of sp³-hybridized carbons (Fsp3) is 0.235. The molecule has 0 fully saturated rings. The highest BCUT2D eigenvalue weighted by atomic mass is 16.2. The van der Waals surface area contributed by atoms with Gasteiger partial charge in [0.1, 0.15) is 6.07 Å². The molecule has 0 N–H and O–H groups in total. The van der Waals surface area contributed by atoms with E-state index in [1.165, 1.54) is 5.56 Å². The Morgan fingerprint density at radius 2 is 2.19 bits per heavy atom. The second-order valence-electron chi connectivity index (χ2n) is 5.43. The lowest BCUT2D eigenvalue weighted by molar-refractivity contribution is -0.118. The second kappa shape index (κ2) is 4.42. The average molecular weight is 275 g/mol. The number of carbonyl (C=O) groups is 1. The first-order chi connectivity index (χ1) is 10.3. The molecule has 0 radical (unpaired) electrons. The molecule has 0 saturated carbocycles. The number of hydrogen-bond donors (Lipinski definition) is 0. The van der Waals surface area contributed by atoms with Gasteiger partial charge in [0.2, 0.25) is 5.91 Å². The maximum Gasteiger partial charge on any atom is 0.227 e. The van der Waals surface area contributed by atoms with E-state index in [1.807, 2.05) is 17.0 Å². The van der Waals surface area contributed by atoms with E-state index in [1.54, 1.807) is 12.4 Å². The predicted octanol–water partition coefficient (Wildman–Crippen LogP) is 2.46. The number of amides is 1. The van der Waals surface area contributed by atoms with Crippen molar-refractivity contribution >= 4 is 11.6 Å². The van der Waals surface area contributed by atoms with Gasteiger partial charge in [-0.2, -0.15) is 5.26 Å². The highest BCUT2D eigenvalue weighted by Crippen LogP contribution is 2.42. The van der Waals surface area contributed by atoms with Crippen molar-refractivity contribution in [3.8, 4) is 17.2 Å². The minimum atomic E-state index is 0.180. The molecule has 0 atom stereocenters. The Balaban J connectivity index is 2.00. The topological polar surface area (TPSA) is 57.0 Å². The molecular weight excluding hydrogens is 262 g/mol. The van der Waals surface area contributed by atoms with E-state index < -0.39 is 0 Å². The van der Waals surface area contributed by atoms with Gasteiger partial charge in [-0.3, -0.25) is 9.78 Å². The van der Waals surface area contributed by atoms with Crippen LogP contribution in [0.3, 0.4) is 0 Å². The van der Waals surface area contributed by atoms with E-state index in [2.05, 4.69) is 17.1 Å². The quantitative estimate of drug-likeness (QED) is 0.803. The fourth-order valence-electron chi connectivity index (χ4n) is 3.40. The number of aromatic nitrogens is 1. The number of hydrogen-bond acceptors (Lipinski definition) is 3. The zero-order valence-corrected chi connectivity index (χ0v) is 11.5. The van der Waals surface area contributed by atoms with Crippen molar-refractivity contribution < 1.29 is 4.79 Å². The maximum atomic E-state index is 12.0. The minimum absolute atomic E-state index is 0.180. The monoisotopic (exact) mass is 275 g/mol. The van der Waals surface area contributed by atoms with Crippen LogP contribution in [0.1, 0.15) is 23.1 Å². The minimum Gasteiger partial charge on any atom is -0.311 e. The predicted molar refractivity (Wildman–Crippen MR) is 78.8 cm³/mol. The SMILES string of the molecule is N#Cc1c(-c2cccnc2)cc2c3c1CCN3C(=O)CC2. The van der Waals surface area contributed by atoms with Gasteiger partial charge in [0.05, 0.1) is 11.3 Å². The summed E-state index contributed by atoms with van der Waals surface area (Å²) in [6, 6.07) is 8.26. The number of pyridine rings is 1. The van der Waals surface area contributed by atoms with Crippen LogP contribution in [0, 0.1) is 11.3 Å². The zero-order valence-electron chi connectivity index (χ0n) is 11.5. The Bertz CT molecular complexity index is 790. The molecule has 0 spiro atoms. The summed E-state index contributed by atoms with van der Waals surface area (Å²) < 4.78 is 0. The lowest BCUT2D eigenvalue weighted by Crippen LogP contribution is -2.32. The van der Waals surface area contributed by atoms with Crippen LogP contribution in [-0.4, -0.2) is 17.4 Å². The fourth-order valence-corrected chi connectivity index (χ4v) is 3.40. The average Bonchev–Trinajstić information content (AvgIpc) is 2.98. The third kappa shape index (κ3) is 1.67. The van der Waals surface area contributed by atoms with E-state index in [0.29, 0.717) is 18.5 Å². The number of carbonyl (C=O) groups excluding carboxylic acids is 1. The first-order valence-electron chi connectivity index (χ1n) is 7.09. The van der Waals surface area contributed by atoms with Crippen LogP contribution >= 0.6 is 0 Å². The van der Waals surface area contributed by atoms with Crippen molar-refractivity contribution in [3.63, 3.8) is 0 Å². The summed E-state index contributed by atoms with van der Waals surface area (Å²) >= 11 is 0. The van der Waals surface area contributed by atoms with Crippen LogP contribution in [0.15, 0.2) is 30.6 Å². The van der Waals surface area contributed by atoms with Gasteiger partial charge in [-0.05, 0) is 36.1 Å². The van der Waals surface area contributed by atoms with E-state index in [9.17, 15) is 10.1 Å². The summed E-state index contributed by atoms with van der Waals surface area (Å²) in [4.78, 5) is 18.0. The first-order valence-corrected chi connectivity index (χ1v) is 7.09. The molecule has 4 nitrogen and oxygen atoms in total. The second-order valence-corrected chi connectivity index (χ2v) is 5.43. The molecular formula is C17H13N3O. The molecule has 2 aromatic rings. The number of rotatable bonds is 1. The molecule has 1 amide bonds. The molecule has 3 heterocycles. The smallest absolute Gasteiger partial charge is 0.227 e. The molecule has 2 aliphatic heterocycles. The highest BCUT2D eigenvalue weighted by molar-refractivity contribution is 6.00. The largest absolute Gasteiger partial charge is 0.311 e. The molecule has 4 heteroatoms. The number of nitrogens with zero attached hydrogens (tertiary/aromatic N) is 3. The normalized spacial score (nSPS) is 15.8. The van der Waals surface area contributed by atoms with Crippen LogP contribution in [0.2, 0.25) is 0 Å². The summed E-state index contributed by atoms with van der Waals surface area (Å²) in [5.74, 6) is 0.180. The van der Waals surface area contributed by atoms with Gasteiger partial charge >= 0.3 is 0 Å². The van der Waals surface area contributed by atoms with Crippen LogP contribution in [0.5, 0.6) is 0 Å². The Labute approximate surface area is 122 Å². The van der Waals surface area contributed by atoms with E-state index in [4.69, 9.17) is 0 Å². The van der Waals surface area contributed by atoms with Gasteiger partial charge in [-0.1, -0.05) is 6.07 Å². The molecule has 1 aromatic heterocycles. The number of nitriles is 1. The van der Waals surface area contributed by atoms with Gasteiger partial charge in [0.25, 0.3) is 0 Å². The molecule has 4 rings (SSSR count). The van der Waals surface area contributed by atoms with Crippen molar-refractivity contribution in [2.45, 2.75) is 19.3 Å².